The van der Waals surface area contributed by atoms with E-state index in [1.54, 1.807) is 0 Å². The number of hydrogen-bond acceptors (Lipinski definition) is 3. The van der Waals surface area contributed by atoms with Crippen molar-refractivity contribution < 1.29 is 17.9 Å². The fourth-order valence-electron chi connectivity index (χ4n) is 2.15. The zero-order valence-corrected chi connectivity index (χ0v) is 17.5. The Morgan fingerprint density at radius 1 is 1.32 bits per heavy atom. The van der Waals surface area contributed by atoms with Crippen LogP contribution in [0.5, 0.6) is 11.5 Å². The fourth-order valence-corrected chi connectivity index (χ4v) is 4.34. The van der Waals surface area contributed by atoms with Crippen LogP contribution < -0.4 is 10.5 Å². The molecule has 0 saturated heterocycles. The molecule has 3 rings (SSSR count). The Bertz CT molecular complexity index is 1020. The van der Waals surface area contributed by atoms with E-state index < -0.39 is 23.2 Å². The molecule has 2 aromatic carbocycles. The first kappa shape index (κ1) is 18.8. The molecular weight excluding hydrogens is 553 g/mol. The first-order valence-electron chi connectivity index (χ1n) is 6.52. The molecular formula is C14H7BrF3IN3OPS. The minimum Gasteiger partial charge on any atom is -0.453 e. The van der Waals surface area contributed by atoms with E-state index in [2.05, 4.69) is 20.9 Å². The Balaban J connectivity index is 2.14. The van der Waals surface area contributed by atoms with E-state index in [0.29, 0.717) is 0 Å². The van der Waals surface area contributed by atoms with Crippen LogP contribution in [0.15, 0.2) is 29.0 Å². The smallest absolute Gasteiger partial charge is 0.204 e. The van der Waals surface area contributed by atoms with E-state index in [4.69, 9.17) is 22.7 Å². The molecule has 1 heterocycles. The van der Waals surface area contributed by atoms with Gasteiger partial charge in [0, 0.05) is 11.9 Å². The van der Waals surface area contributed by atoms with Crippen LogP contribution in [-0.2, 0) is 0 Å². The lowest BCUT2D eigenvalue weighted by Gasteiger charge is -2.12. The molecule has 25 heavy (non-hydrogen) atoms. The Labute approximate surface area is 168 Å². The van der Waals surface area contributed by atoms with Crippen molar-refractivity contribution in [2.24, 2.45) is 5.73 Å². The molecule has 2 N–H and O–H groups in total. The maximum atomic E-state index is 14.5. The van der Waals surface area contributed by atoms with Crippen molar-refractivity contribution in [3.63, 3.8) is 0 Å². The van der Waals surface area contributed by atoms with Crippen LogP contribution >= 0.6 is 56.6 Å². The van der Waals surface area contributed by atoms with Crippen LogP contribution in [0.2, 0.25) is 0 Å². The number of rotatable bonds is 4. The molecule has 0 bridgehead atoms. The number of aromatic nitrogens is 2. The van der Waals surface area contributed by atoms with Gasteiger partial charge in [0.2, 0.25) is 5.82 Å². The zero-order chi connectivity index (χ0) is 18.3. The quantitative estimate of drug-likeness (QED) is 0.200. The Morgan fingerprint density at radius 2 is 2.04 bits per heavy atom. The highest BCUT2D eigenvalue weighted by Gasteiger charge is 2.24. The SMILES string of the molecule is NC(=S)c1cc(Oc2c(F)c(F)c3c(ncn3PI)c2Br)ccc1F. The third-order valence-corrected chi connectivity index (χ3v) is 6.33. The van der Waals surface area contributed by atoms with Gasteiger partial charge in [-0.05, 0) is 56.2 Å². The maximum absolute atomic E-state index is 14.5. The topological polar surface area (TPSA) is 53.1 Å². The molecule has 4 nitrogen and oxygen atoms in total. The first-order valence-corrected chi connectivity index (χ1v) is 11.8. The number of thiocarbonyl (C=S) groups is 1. The van der Waals surface area contributed by atoms with Gasteiger partial charge in [-0.1, -0.05) is 12.2 Å². The van der Waals surface area contributed by atoms with Gasteiger partial charge in [-0.25, -0.2) is 13.8 Å². The van der Waals surface area contributed by atoms with E-state index in [0.717, 1.165) is 6.07 Å². The number of hydrogen-bond donors (Lipinski definition) is 1. The predicted octanol–water partition coefficient (Wildman–Crippen LogP) is 5.43. The molecule has 0 amide bonds. The van der Waals surface area contributed by atoms with E-state index >= 15 is 0 Å². The van der Waals surface area contributed by atoms with Gasteiger partial charge in [0.25, 0.3) is 0 Å². The van der Waals surface area contributed by atoms with Gasteiger partial charge in [0.1, 0.15) is 27.6 Å². The fraction of sp³-hybridized carbons (Fsp3) is 0. The molecule has 1 aromatic heterocycles. The number of fused-ring (bicyclic) bond motifs is 1. The van der Waals surface area contributed by atoms with Gasteiger partial charge >= 0.3 is 0 Å². The number of nitrogens with zero attached hydrogens (tertiary/aromatic N) is 2. The van der Waals surface area contributed by atoms with E-state index in [-0.39, 0.29) is 38.2 Å². The van der Waals surface area contributed by atoms with E-state index in [9.17, 15) is 13.2 Å². The van der Waals surface area contributed by atoms with Gasteiger partial charge < -0.3 is 10.5 Å². The molecule has 0 fully saturated rings. The first-order chi connectivity index (χ1) is 11.8. The normalized spacial score (nSPS) is 11.6. The van der Waals surface area contributed by atoms with E-state index in [1.807, 2.05) is 22.0 Å². The Kier molecular flexibility index (Phi) is 5.52. The highest BCUT2D eigenvalue weighted by Crippen LogP contribution is 2.42. The standard InChI is InChI=1S/C14H7BrF3IN3OPS/c15-8-11-12(22(24-19)4-21-11)9(17)10(18)13(8)23-5-1-2-7(16)6(3-5)14(20)25/h1-4,24H,(H2,20,25). The van der Waals surface area contributed by atoms with Crippen molar-refractivity contribution in [2.45, 2.75) is 0 Å². The largest absolute Gasteiger partial charge is 0.453 e. The molecule has 0 radical (unpaired) electrons. The number of halogens is 5. The summed E-state index contributed by atoms with van der Waals surface area (Å²) < 4.78 is 49.7. The van der Waals surface area contributed by atoms with Gasteiger partial charge in [0.15, 0.2) is 11.6 Å². The molecule has 1 atom stereocenters. The third kappa shape index (κ3) is 3.36. The van der Waals surface area contributed by atoms with Crippen molar-refractivity contribution in [1.82, 2.24) is 9.32 Å². The summed E-state index contributed by atoms with van der Waals surface area (Å²) in [5, 5.41) is 0. The zero-order valence-electron chi connectivity index (χ0n) is 12.0. The lowest BCUT2D eigenvalue weighted by Crippen LogP contribution is -2.11. The number of benzene rings is 2. The molecule has 3 aromatic rings. The lowest BCUT2D eigenvalue weighted by molar-refractivity contribution is 0.416. The third-order valence-electron chi connectivity index (χ3n) is 3.29. The summed E-state index contributed by atoms with van der Waals surface area (Å²) >= 11 is 9.98. The summed E-state index contributed by atoms with van der Waals surface area (Å²) in [5.74, 6) is -3.24. The van der Waals surface area contributed by atoms with Gasteiger partial charge in [-0.3, -0.25) is 4.34 Å². The summed E-state index contributed by atoms with van der Waals surface area (Å²) in [4.78, 5) is 3.91. The second-order valence-electron chi connectivity index (χ2n) is 4.78. The second kappa shape index (κ2) is 7.34. The summed E-state index contributed by atoms with van der Waals surface area (Å²) in [5.41, 5.74) is 5.63. The van der Waals surface area contributed by atoms with Crippen LogP contribution in [0.4, 0.5) is 13.2 Å². The monoisotopic (exact) mass is 559 g/mol. The van der Waals surface area contributed by atoms with Crippen molar-refractivity contribution in [3.8, 4) is 11.5 Å². The number of imidazole rings is 1. The van der Waals surface area contributed by atoms with Crippen LogP contribution in [0.1, 0.15) is 5.56 Å². The van der Waals surface area contributed by atoms with Crippen LogP contribution in [0.3, 0.4) is 0 Å². The second-order valence-corrected chi connectivity index (χ2v) is 8.11. The molecule has 0 aliphatic heterocycles. The molecule has 1 unspecified atom stereocenters. The summed E-state index contributed by atoms with van der Waals surface area (Å²) in [7, 11) is 0. The number of nitrogens with two attached hydrogens (primary N) is 1. The minimum atomic E-state index is -1.18. The average molecular weight is 560 g/mol. The highest BCUT2D eigenvalue weighted by molar-refractivity contribution is 14.2. The van der Waals surface area contributed by atoms with Crippen LogP contribution in [0.25, 0.3) is 11.0 Å². The molecule has 0 aliphatic carbocycles. The molecule has 11 heteroatoms. The van der Waals surface area contributed by atoms with Crippen LogP contribution in [0, 0.1) is 17.5 Å². The molecule has 0 aliphatic rings. The molecule has 0 saturated carbocycles. The van der Waals surface area contributed by atoms with Crippen molar-refractivity contribution in [3.05, 3.63) is 52.0 Å². The number of ether oxygens (including phenoxy) is 1. The van der Waals surface area contributed by atoms with Gasteiger partial charge in [-0.15, -0.1) is 0 Å². The van der Waals surface area contributed by atoms with E-state index in [1.165, 1.54) is 22.8 Å². The minimum absolute atomic E-state index is 0.0346. The Hall–Kier alpha value is -0.970. The van der Waals surface area contributed by atoms with Crippen molar-refractivity contribution >= 4 is 72.6 Å². The van der Waals surface area contributed by atoms with Crippen molar-refractivity contribution in [2.75, 3.05) is 0 Å². The molecule has 0 spiro atoms. The Morgan fingerprint density at radius 3 is 2.68 bits per heavy atom. The molecule has 130 valence electrons. The average Bonchev–Trinajstić information content (AvgIpc) is 3.02. The predicted molar refractivity (Wildman–Crippen MR) is 107 cm³/mol. The summed E-state index contributed by atoms with van der Waals surface area (Å²) in [6.07, 6.45) is 1.56. The van der Waals surface area contributed by atoms with Gasteiger partial charge in [0.05, 0.1) is 10.8 Å². The van der Waals surface area contributed by atoms with Gasteiger partial charge in [-0.2, -0.15) is 4.39 Å². The maximum Gasteiger partial charge on any atom is 0.204 e. The highest BCUT2D eigenvalue weighted by atomic mass is 127. The lowest BCUT2D eigenvalue weighted by atomic mass is 10.2. The summed E-state index contributed by atoms with van der Waals surface area (Å²) in [6.45, 7) is 0. The summed E-state index contributed by atoms with van der Waals surface area (Å²) in [6, 6.07) is 3.56. The van der Waals surface area contributed by atoms with Crippen LogP contribution in [-0.4, -0.2) is 14.3 Å². The van der Waals surface area contributed by atoms with Crippen molar-refractivity contribution in [1.29, 1.82) is 0 Å².